The second-order valence-corrected chi connectivity index (χ2v) is 4.64. The molecule has 2 saturated heterocycles. The number of nitrogens with one attached hydrogen (secondary N) is 1. The average molecular weight is 228 g/mol. The first-order valence-corrected chi connectivity index (χ1v) is 6.90. The lowest BCUT2D eigenvalue weighted by atomic mass is 10.0. The van der Waals surface area contributed by atoms with Crippen LogP contribution in [0, 0.1) is 0 Å². The highest BCUT2D eigenvalue weighted by atomic mass is 16.5. The Hall–Kier alpha value is -0.120. The van der Waals surface area contributed by atoms with Crippen LogP contribution in [0.2, 0.25) is 0 Å². The van der Waals surface area contributed by atoms with E-state index in [1.807, 2.05) is 13.8 Å². The van der Waals surface area contributed by atoms with Gasteiger partial charge < -0.3 is 4.74 Å². The zero-order valence-electron chi connectivity index (χ0n) is 11.3. The molecule has 2 atom stereocenters. The molecule has 0 saturated carbocycles. The smallest absolute Gasteiger partial charge is 0.0869 e. The molecule has 1 N–H and O–H groups in total. The lowest BCUT2D eigenvalue weighted by Crippen LogP contribution is -2.57. The summed E-state index contributed by atoms with van der Waals surface area (Å²) in [5.74, 6) is 0. The van der Waals surface area contributed by atoms with E-state index in [0.29, 0.717) is 18.3 Å². The lowest BCUT2D eigenvalue weighted by molar-refractivity contribution is -0.0250. The van der Waals surface area contributed by atoms with E-state index in [1.165, 1.54) is 25.8 Å². The van der Waals surface area contributed by atoms with Crippen LogP contribution in [0.15, 0.2) is 0 Å². The van der Waals surface area contributed by atoms with Crippen LogP contribution in [0.3, 0.4) is 0 Å². The van der Waals surface area contributed by atoms with Gasteiger partial charge in [0, 0.05) is 19.2 Å². The maximum Gasteiger partial charge on any atom is 0.0869 e. The summed E-state index contributed by atoms with van der Waals surface area (Å²) in [6, 6.07) is 0.620. The van der Waals surface area contributed by atoms with Crippen LogP contribution in [0.1, 0.15) is 47.0 Å². The number of fused-ring (bicyclic) bond motifs is 1. The predicted molar refractivity (Wildman–Crippen MR) is 68.6 cm³/mol. The molecule has 2 rings (SSSR count). The highest BCUT2D eigenvalue weighted by Crippen LogP contribution is 2.21. The zero-order chi connectivity index (χ0) is 12.0. The van der Waals surface area contributed by atoms with Crippen molar-refractivity contribution in [3.05, 3.63) is 0 Å². The number of hydrogen-bond donors (Lipinski definition) is 1. The Morgan fingerprint density at radius 1 is 1.25 bits per heavy atom. The minimum atomic E-state index is 0.425. The van der Waals surface area contributed by atoms with Gasteiger partial charge in [-0.05, 0) is 39.7 Å². The molecule has 3 nitrogen and oxygen atoms in total. The van der Waals surface area contributed by atoms with Crippen molar-refractivity contribution in [2.75, 3.05) is 19.7 Å². The second kappa shape index (κ2) is 7.25. The molecule has 2 heterocycles. The van der Waals surface area contributed by atoms with Gasteiger partial charge in [0.2, 0.25) is 0 Å². The maximum atomic E-state index is 5.88. The molecule has 0 aromatic rings. The topological polar surface area (TPSA) is 24.5 Å². The molecule has 2 aliphatic heterocycles. The highest BCUT2D eigenvalue weighted by molar-refractivity contribution is 4.86. The summed E-state index contributed by atoms with van der Waals surface area (Å²) in [4.78, 5) is 2.55. The van der Waals surface area contributed by atoms with Gasteiger partial charge in [-0.25, -0.2) is 0 Å². The third-order valence-corrected chi connectivity index (χ3v) is 3.28. The summed E-state index contributed by atoms with van der Waals surface area (Å²) in [5, 5.41) is 3.59. The van der Waals surface area contributed by atoms with Crippen LogP contribution in [0.25, 0.3) is 0 Å². The van der Waals surface area contributed by atoms with Crippen LogP contribution in [-0.4, -0.2) is 42.9 Å². The quantitative estimate of drug-likeness (QED) is 0.745. The van der Waals surface area contributed by atoms with Crippen molar-refractivity contribution in [3.63, 3.8) is 0 Å². The van der Waals surface area contributed by atoms with Crippen molar-refractivity contribution >= 4 is 0 Å². The molecule has 0 aromatic heterocycles. The van der Waals surface area contributed by atoms with E-state index in [-0.39, 0.29) is 0 Å². The van der Waals surface area contributed by atoms with Crippen molar-refractivity contribution in [1.82, 2.24) is 10.2 Å². The number of nitrogens with zero attached hydrogens (tertiary/aromatic N) is 1. The highest BCUT2D eigenvalue weighted by Gasteiger charge is 2.33. The number of rotatable bonds is 1. The van der Waals surface area contributed by atoms with Crippen LogP contribution in [0.5, 0.6) is 0 Å². The molecule has 0 bridgehead atoms. The van der Waals surface area contributed by atoms with Crippen molar-refractivity contribution in [2.45, 2.75) is 65.3 Å². The summed E-state index contributed by atoms with van der Waals surface area (Å²) < 4.78 is 5.88. The molecule has 16 heavy (non-hydrogen) atoms. The van der Waals surface area contributed by atoms with Gasteiger partial charge in [0.1, 0.15) is 0 Å². The van der Waals surface area contributed by atoms with Crippen molar-refractivity contribution in [3.8, 4) is 0 Å². The van der Waals surface area contributed by atoms with Crippen LogP contribution >= 0.6 is 0 Å². The molecule has 2 aliphatic rings. The Kier molecular flexibility index (Phi) is 6.32. The van der Waals surface area contributed by atoms with Gasteiger partial charge >= 0.3 is 0 Å². The largest absolute Gasteiger partial charge is 0.375 e. The average Bonchev–Trinajstić information content (AvgIpc) is 2.53. The van der Waals surface area contributed by atoms with Gasteiger partial charge in [-0.1, -0.05) is 13.8 Å². The summed E-state index contributed by atoms with van der Waals surface area (Å²) >= 11 is 0. The summed E-state index contributed by atoms with van der Waals surface area (Å²) in [7, 11) is 0. The summed E-state index contributed by atoms with van der Waals surface area (Å²) in [6.07, 6.45) is 4.54. The van der Waals surface area contributed by atoms with Crippen LogP contribution < -0.4 is 5.32 Å². The van der Waals surface area contributed by atoms with Crippen LogP contribution in [-0.2, 0) is 4.74 Å². The van der Waals surface area contributed by atoms with E-state index in [1.54, 1.807) is 0 Å². The van der Waals surface area contributed by atoms with Crippen molar-refractivity contribution in [1.29, 1.82) is 0 Å². The van der Waals surface area contributed by atoms with Gasteiger partial charge in [0.05, 0.1) is 12.3 Å². The Morgan fingerprint density at radius 2 is 2.00 bits per heavy atom. The van der Waals surface area contributed by atoms with Gasteiger partial charge in [-0.3, -0.25) is 10.2 Å². The fourth-order valence-corrected chi connectivity index (χ4v) is 2.55. The van der Waals surface area contributed by atoms with Gasteiger partial charge in [-0.2, -0.15) is 0 Å². The predicted octanol–water partition coefficient (Wildman–Crippen LogP) is 2.22. The zero-order valence-corrected chi connectivity index (χ0v) is 11.3. The molecule has 0 aliphatic carbocycles. The van der Waals surface area contributed by atoms with Gasteiger partial charge in [0.15, 0.2) is 0 Å². The first-order valence-electron chi connectivity index (χ1n) is 6.90. The molecule has 0 amide bonds. The third kappa shape index (κ3) is 3.44. The third-order valence-electron chi connectivity index (χ3n) is 3.28. The minimum Gasteiger partial charge on any atom is -0.375 e. The van der Waals surface area contributed by atoms with Gasteiger partial charge in [0.25, 0.3) is 0 Å². The Morgan fingerprint density at radius 3 is 2.69 bits per heavy atom. The minimum absolute atomic E-state index is 0.425. The number of hydrogen-bond acceptors (Lipinski definition) is 3. The van der Waals surface area contributed by atoms with E-state index < -0.39 is 0 Å². The van der Waals surface area contributed by atoms with Gasteiger partial charge in [-0.15, -0.1) is 0 Å². The Balaban J connectivity index is 0.000000606. The molecule has 2 fully saturated rings. The second-order valence-electron chi connectivity index (χ2n) is 4.64. The molecule has 2 unspecified atom stereocenters. The van der Waals surface area contributed by atoms with E-state index in [0.717, 1.165) is 13.2 Å². The maximum absolute atomic E-state index is 5.88. The monoisotopic (exact) mass is 228 g/mol. The standard InChI is InChI=1S/C11H22N2O.C2H6/c1-9(2)13-7-4-8-14-10-5-3-6-12-11(10)13;1-2/h9-12H,3-8H2,1-2H3;1-2H3. The normalized spacial score (nSPS) is 31.3. The summed E-state index contributed by atoms with van der Waals surface area (Å²) in [6.45, 7) is 11.8. The molecule has 96 valence electrons. The van der Waals surface area contributed by atoms with E-state index in [4.69, 9.17) is 4.74 Å². The van der Waals surface area contributed by atoms with E-state index in [2.05, 4.69) is 24.1 Å². The fourth-order valence-electron chi connectivity index (χ4n) is 2.55. The van der Waals surface area contributed by atoms with E-state index >= 15 is 0 Å². The molecule has 0 spiro atoms. The first kappa shape index (κ1) is 13.9. The van der Waals surface area contributed by atoms with Crippen LogP contribution in [0.4, 0.5) is 0 Å². The fraction of sp³-hybridized carbons (Fsp3) is 1.00. The number of piperidine rings is 1. The number of ether oxygens (including phenoxy) is 1. The molecular formula is C13H28N2O. The Bertz CT molecular complexity index is 185. The molecular weight excluding hydrogens is 200 g/mol. The first-order chi connectivity index (χ1) is 7.79. The Labute approximate surface area is 101 Å². The molecule has 3 heteroatoms. The van der Waals surface area contributed by atoms with Crippen molar-refractivity contribution in [2.24, 2.45) is 0 Å². The van der Waals surface area contributed by atoms with E-state index in [9.17, 15) is 0 Å². The molecule has 0 aromatic carbocycles. The SMILES string of the molecule is CC.CC(C)N1CCCOC2CCCNC21. The summed E-state index contributed by atoms with van der Waals surface area (Å²) in [5.41, 5.74) is 0. The molecule has 0 radical (unpaired) electrons. The van der Waals surface area contributed by atoms with Crippen molar-refractivity contribution < 1.29 is 4.74 Å². The lowest BCUT2D eigenvalue weighted by Gasteiger charge is -2.40.